The maximum absolute atomic E-state index is 6.05. The van der Waals surface area contributed by atoms with E-state index in [9.17, 15) is 0 Å². The first-order valence-electron chi connectivity index (χ1n) is 7.97. The first-order valence-corrected chi connectivity index (χ1v) is 9.09. The van der Waals surface area contributed by atoms with Crippen molar-refractivity contribution in [2.45, 2.75) is 64.8 Å². The van der Waals surface area contributed by atoms with Crippen molar-refractivity contribution in [3.05, 3.63) is 18.0 Å². The fourth-order valence-corrected chi connectivity index (χ4v) is 3.51. The molecule has 21 heavy (non-hydrogen) atoms. The number of alkyl halides is 1. The van der Waals surface area contributed by atoms with Crippen LogP contribution in [-0.4, -0.2) is 44.8 Å². The number of hydrogen-bond acceptors (Lipinski definition) is 3. The second kappa shape index (κ2) is 7.25. The number of rotatable bonds is 6. The average Bonchev–Trinajstić information content (AvgIpc) is 2.86. The van der Waals surface area contributed by atoms with Crippen LogP contribution in [0.1, 0.15) is 52.3 Å². The molecule has 1 saturated heterocycles. The van der Waals surface area contributed by atoms with Crippen molar-refractivity contribution in [2.75, 3.05) is 18.4 Å². The fourth-order valence-electron chi connectivity index (χ4n) is 3.17. The summed E-state index contributed by atoms with van der Waals surface area (Å²) in [5.41, 5.74) is 1.07. The van der Waals surface area contributed by atoms with Gasteiger partial charge in [0.2, 0.25) is 0 Å². The number of halogens is 1. The number of nitrogens with zero attached hydrogens (tertiary/aromatic N) is 3. The topological polar surface area (TPSA) is 30.3 Å². The highest BCUT2D eigenvalue weighted by Crippen LogP contribution is 2.23. The van der Waals surface area contributed by atoms with E-state index in [1.165, 1.54) is 0 Å². The zero-order valence-electron chi connectivity index (χ0n) is 13.7. The van der Waals surface area contributed by atoms with Crippen LogP contribution < -0.4 is 0 Å². The highest BCUT2D eigenvalue weighted by molar-refractivity contribution is 9.09. The largest absolute Gasteiger partial charge is 0.369 e. The summed E-state index contributed by atoms with van der Waals surface area (Å²) in [6.45, 7) is 11.6. The molecule has 2 heterocycles. The van der Waals surface area contributed by atoms with Crippen molar-refractivity contribution in [3.63, 3.8) is 0 Å². The summed E-state index contributed by atoms with van der Waals surface area (Å²) in [5.74, 6) is 0. The lowest BCUT2D eigenvalue weighted by molar-refractivity contribution is -0.128. The van der Waals surface area contributed by atoms with Gasteiger partial charge in [0.25, 0.3) is 0 Å². The van der Waals surface area contributed by atoms with Gasteiger partial charge in [0.05, 0.1) is 23.4 Å². The van der Waals surface area contributed by atoms with E-state index in [-0.39, 0.29) is 11.7 Å². The van der Waals surface area contributed by atoms with E-state index >= 15 is 0 Å². The normalized spacial score (nSPS) is 22.9. The van der Waals surface area contributed by atoms with Crippen LogP contribution in [0.25, 0.3) is 0 Å². The first-order chi connectivity index (χ1) is 9.97. The predicted octanol–water partition coefficient (Wildman–Crippen LogP) is 3.62. The summed E-state index contributed by atoms with van der Waals surface area (Å²) in [5, 5.41) is 5.65. The van der Waals surface area contributed by atoms with Gasteiger partial charge in [-0.2, -0.15) is 5.10 Å². The summed E-state index contributed by atoms with van der Waals surface area (Å²) in [6.07, 6.45) is 4.65. The van der Waals surface area contributed by atoms with Crippen molar-refractivity contribution in [2.24, 2.45) is 0 Å². The Morgan fingerprint density at radius 2 is 2.14 bits per heavy atom. The lowest BCUT2D eigenvalue weighted by Crippen LogP contribution is -2.52. The monoisotopic (exact) mass is 357 g/mol. The SMILES string of the molecule is CCC(CC)n1ccc(CN2CC(CBr)OC(C)(C)C2)n1. The molecule has 1 unspecified atom stereocenters. The molecule has 0 aromatic carbocycles. The molecular formula is C16H28BrN3O. The van der Waals surface area contributed by atoms with Gasteiger partial charge in [0.15, 0.2) is 0 Å². The average molecular weight is 358 g/mol. The molecule has 0 aliphatic carbocycles. The standard InChI is InChI=1S/C16H28BrN3O/c1-5-14(6-2)20-8-7-13(18-20)10-19-11-15(9-17)21-16(3,4)12-19/h7-8,14-15H,5-6,9-12H2,1-4H3. The van der Waals surface area contributed by atoms with Crippen LogP contribution in [0.2, 0.25) is 0 Å². The number of hydrogen-bond donors (Lipinski definition) is 0. The lowest BCUT2D eigenvalue weighted by Gasteiger charge is -2.42. The molecule has 2 rings (SSSR count). The highest BCUT2D eigenvalue weighted by atomic mass is 79.9. The molecule has 1 fully saturated rings. The van der Waals surface area contributed by atoms with E-state index in [2.05, 4.69) is 65.5 Å². The fraction of sp³-hybridized carbons (Fsp3) is 0.812. The van der Waals surface area contributed by atoms with Gasteiger partial charge in [-0.15, -0.1) is 0 Å². The third kappa shape index (κ3) is 4.54. The van der Waals surface area contributed by atoms with Gasteiger partial charge in [-0.1, -0.05) is 29.8 Å². The molecule has 5 heteroatoms. The molecule has 1 atom stereocenters. The van der Waals surface area contributed by atoms with Crippen LogP contribution in [0.5, 0.6) is 0 Å². The Kier molecular flexibility index (Phi) is 5.86. The van der Waals surface area contributed by atoms with Gasteiger partial charge >= 0.3 is 0 Å². The van der Waals surface area contributed by atoms with Gasteiger partial charge < -0.3 is 4.74 Å². The molecule has 1 aromatic rings. The van der Waals surface area contributed by atoms with Crippen LogP contribution in [0.4, 0.5) is 0 Å². The van der Waals surface area contributed by atoms with E-state index in [4.69, 9.17) is 9.84 Å². The summed E-state index contributed by atoms with van der Waals surface area (Å²) < 4.78 is 8.18. The van der Waals surface area contributed by atoms with Crippen molar-refractivity contribution in [1.82, 2.24) is 14.7 Å². The minimum Gasteiger partial charge on any atom is -0.369 e. The molecule has 0 amide bonds. The van der Waals surface area contributed by atoms with E-state index < -0.39 is 0 Å². The van der Waals surface area contributed by atoms with E-state index in [0.717, 1.165) is 43.5 Å². The van der Waals surface area contributed by atoms with Crippen molar-refractivity contribution < 1.29 is 4.74 Å². The summed E-state index contributed by atoms with van der Waals surface area (Å²) in [7, 11) is 0. The zero-order valence-corrected chi connectivity index (χ0v) is 15.3. The molecule has 0 bridgehead atoms. The van der Waals surface area contributed by atoms with Crippen LogP contribution in [0.15, 0.2) is 12.3 Å². The third-order valence-electron chi connectivity index (χ3n) is 4.09. The smallest absolute Gasteiger partial charge is 0.0806 e. The molecular weight excluding hydrogens is 330 g/mol. The van der Waals surface area contributed by atoms with Gasteiger partial charge in [-0.05, 0) is 32.8 Å². The van der Waals surface area contributed by atoms with Gasteiger partial charge in [-0.25, -0.2) is 0 Å². The van der Waals surface area contributed by atoms with Gasteiger partial charge in [0.1, 0.15) is 0 Å². The Labute approximate surface area is 137 Å². The Morgan fingerprint density at radius 3 is 2.76 bits per heavy atom. The zero-order chi connectivity index (χ0) is 15.5. The minimum absolute atomic E-state index is 0.0887. The molecule has 0 spiro atoms. The Balaban J connectivity index is 2.01. The summed E-state index contributed by atoms with van der Waals surface area (Å²) >= 11 is 3.55. The quantitative estimate of drug-likeness (QED) is 0.728. The predicted molar refractivity (Wildman–Crippen MR) is 89.9 cm³/mol. The van der Waals surface area contributed by atoms with Crippen molar-refractivity contribution in [1.29, 1.82) is 0 Å². The van der Waals surface area contributed by atoms with E-state index in [1.54, 1.807) is 0 Å². The number of ether oxygens (including phenoxy) is 1. The molecule has 1 aromatic heterocycles. The summed E-state index contributed by atoms with van der Waals surface area (Å²) in [4.78, 5) is 2.45. The van der Waals surface area contributed by atoms with Gasteiger partial charge in [0, 0.05) is 31.2 Å². The van der Waals surface area contributed by atoms with E-state index in [1.807, 2.05) is 0 Å². The lowest BCUT2D eigenvalue weighted by atomic mass is 10.1. The Bertz CT molecular complexity index is 442. The Morgan fingerprint density at radius 1 is 1.43 bits per heavy atom. The van der Waals surface area contributed by atoms with Crippen LogP contribution in [0, 0.1) is 0 Å². The molecule has 4 nitrogen and oxygen atoms in total. The van der Waals surface area contributed by atoms with Gasteiger partial charge in [-0.3, -0.25) is 9.58 Å². The van der Waals surface area contributed by atoms with Crippen molar-refractivity contribution in [3.8, 4) is 0 Å². The molecule has 1 aliphatic rings. The molecule has 120 valence electrons. The van der Waals surface area contributed by atoms with Crippen LogP contribution in [0.3, 0.4) is 0 Å². The van der Waals surface area contributed by atoms with Crippen molar-refractivity contribution >= 4 is 15.9 Å². The third-order valence-corrected chi connectivity index (χ3v) is 4.81. The van der Waals surface area contributed by atoms with E-state index in [0.29, 0.717) is 6.04 Å². The first kappa shape index (κ1) is 17.0. The second-order valence-electron chi connectivity index (χ2n) is 6.58. The molecule has 0 N–H and O–H groups in total. The molecule has 0 radical (unpaired) electrons. The highest BCUT2D eigenvalue weighted by Gasteiger charge is 2.33. The molecule has 0 saturated carbocycles. The minimum atomic E-state index is -0.0887. The maximum atomic E-state index is 6.05. The number of morpholine rings is 1. The van der Waals surface area contributed by atoms with Crippen LogP contribution in [-0.2, 0) is 11.3 Å². The number of aromatic nitrogens is 2. The maximum Gasteiger partial charge on any atom is 0.0806 e. The summed E-state index contributed by atoms with van der Waals surface area (Å²) in [6, 6.07) is 2.68. The Hall–Kier alpha value is -0.390. The van der Waals surface area contributed by atoms with Crippen LogP contribution >= 0.6 is 15.9 Å². The second-order valence-corrected chi connectivity index (χ2v) is 7.23. The molecule has 1 aliphatic heterocycles.